The van der Waals surface area contributed by atoms with Gasteiger partial charge in [-0.05, 0) is 55.0 Å². The number of methoxy groups -OCH3 is 1. The molecule has 0 aliphatic carbocycles. The summed E-state index contributed by atoms with van der Waals surface area (Å²) in [6.07, 6.45) is 1.82. The third kappa shape index (κ3) is 6.83. The Balaban J connectivity index is 1.86. The first-order valence-electron chi connectivity index (χ1n) is 8.81. The van der Waals surface area contributed by atoms with Gasteiger partial charge < -0.3 is 14.2 Å². The van der Waals surface area contributed by atoms with Crippen LogP contribution in [-0.4, -0.2) is 31.6 Å². The van der Waals surface area contributed by atoms with E-state index in [1.165, 1.54) is 50.5 Å². The highest BCUT2D eigenvalue weighted by Crippen LogP contribution is 2.28. The van der Waals surface area contributed by atoms with E-state index in [0.717, 1.165) is 0 Å². The summed E-state index contributed by atoms with van der Waals surface area (Å²) in [7, 11) is 1.46. The van der Waals surface area contributed by atoms with E-state index in [-0.39, 0.29) is 6.61 Å². The van der Waals surface area contributed by atoms with Crippen LogP contribution < -0.4 is 25.1 Å². The van der Waals surface area contributed by atoms with Gasteiger partial charge in [-0.2, -0.15) is 5.26 Å². The lowest BCUT2D eigenvalue weighted by Gasteiger charge is -2.14. The molecule has 2 aromatic carbocycles. The molecule has 1 atom stereocenters. The molecule has 0 aliphatic rings. The molecule has 2 N–H and O–H groups in total. The Kier molecular flexibility index (Phi) is 8.20. The Labute approximate surface area is 172 Å². The Morgan fingerprint density at radius 2 is 1.90 bits per heavy atom. The van der Waals surface area contributed by atoms with Gasteiger partial charge in [-0.15, -0.1) is 0 Å². The maximum Gasteiger partial charge on any atom is 0.279 e. The molecule has 0 fully saturated rings. The molecule has 30 heavy (non-hydrogen) atoms. The summed E-state index contributed by atoms with van der Waals surface area (Å²) in [5, 5.41) is 8.58. The first-order chi connectivity index (χ1) is 14.4. The maximum atomic E-state index is 12.9. The van der Waals surface area contributed by atoms with Crippen molar-refractivity contribution >= 4 is 17.9 Å². The van der Waals surface area contributed by atoms with Crippen molar-refractivity contribution in [2.45, 2.75) is 13.0 Å². The number of amides is 2. The number of nitrogens with zero attached hydrogens (tertiary/aromatic N) is 1. The topological polar surface area (TPSA) is 110 Å². The number of halogens is 1. The largest absolute Gasteiger partial charge is 0.493 e. The SMILES string of the molecule is COc1cc(/C=C/C(=O)NNC(=O)C(C)Oc2ccc(F)cc2)ccc1OCC#N. The van der Waals surface area contributed by atoms with Gasteiger partial charge in [-0.25, -0.2) is 4.39 Å². The van der Waals surface area contributed by atoms with Gasteiger partial charge in [0.05, 0.1) is 7.11 Å². The molecule has 0 heterocycles. The second kappa shape index (κ2) is 11.1. The van der Waals surface area contributed by atoms with E-state index in [0.29, 0.717) is 22.8 Å². The summed E-state index contributed by atoms with van der Waals surface area (Å²) in [6, 6.07) is 12.0. The van der Waals surface area contributed by atoms with E-state index in [4.69, 9.17) is 19.5 Å². The van der Waals surface area contributed by atoms with Crippen molar-refractivity contribution in [1.82, 2.24) is 10.9 Å². The fourth-order valence-corrected chi connectivity index (χ4v) is 2.23. The minimum absolute atomic E-state index is 0.114. The number of ether oxygens (including phenoxy) is 3. The van der Waals surface area contributed by atoms with E-state index in [1.807, 2.05) is 6.07 Å². The predicted octanol–water partition coefficient (Wildman–Crippen LogP) is 2.36. The zero-order chi connectivity index (χ0) is 21.9. The lowest BCUT2D eigenvalue weighted by atomic mass is 10.2. The highest BCUT2D eigenvalue weighted by atomic mass is 19.1. The van der Waals surface area contributed by atoms with Crippen LogP contribution in [0.1, 0.15) is 12.5 Å². The van der Waals surface area contributed by atoms with Crippen molar-refractivity contribution in [3.05, 3.63) is 59.9 Å². The molecule has 2 rings (SSSR count). The van der Waals surface area contributed by atoms with Crippen LogP contribution in [0.2, 0.25) is 0 Å². The molecule has 2 aromatic rings. The number of rotatable bonds is 8. The number of carbonyl (C=O) groups excluding carboxylic acids is 2. The van der Waals surface area contributed by atoms with E-state index in [1.54, 1.807) is 18.2 Å². The van der Waals surface area contributed by atoms with Gasteiger partial charge in [0.15, 0.2) is 24.2 Å². The van der Waals surface area contributed by atoms with Gasteiger partial charge in [-0.3, -0.25) is 20.4 Å². The molecule has 1 unspecified atom stereocenters. The molecule has 0 saturated carbocycles. The van der Waals surface area contributed by atoms with Crippen LogP contribution >= 0.6 is 0 Å². The Morgan fingerprint density at radius 1 is 1.17 bits per heavy atom. The summed E-state index contributed by atoms with van der Waals surface area (Å²) in [5.41, 5.74) is 5.12. The normalized spacial score (nSPS) is 11.3. The molecule has 0 aliphatic heterocycles. The van der Waals surface area contributed by atoms with Gasteiger partial charge in [0.25, 0.3) is 11.8 Å². The maximum absolute atomic E-state index is 12.9. The second-order valence-corrected chi connectivity index (χ2v) is 5.88. The molecule has 2 amide bonds. The third-order valence-electron chi connectivity index (χ3n) is 3.71. The molecule has 156 valence electrons. The summed E-state index contributed by atoms with van der Waals surface area (Å²) in [6.45, 7) is 1.37. The average Bonchev–Trinajstić information content (AvgIpc) is 2.76. The van der Waals surface area contributed by atoms with E-state index >= 15 is 0 Å². The number of hydrazine groups is 1. The summed E-state index contributed by atoms with van der Waals surface area (Å²) < 4.78 is 28.7. The van der Waals surface area contributed by atoms with Crippen molar-refractivity contribution in [3.8, 4) is 23.3 Å². The van der Waals surface area contributed by atoms with Crippen LogP contribution in [-0.2, 0) is 9.59 Å². The fourth-order valence-electron chi connectivity index (χ4n) is 2.23. The molecule has 9 heteroatoms. The lowest BCUT2D eigenvalue weighted by Crippen LogP contribution is -2.46. The smallest absolute Gasteiger partial charge is 0.279 e. The average molecular weight is 413 g/mol. The first-order valence-corrected chi connectivity index (χ1v) is 8.81. The van der Waals surface area contributed by atoms with Crippen LogP contribution in [0.25, 0.3) is 6.08 Å². The first kappa shape index (κ1) is 22.2. The van der Waals surface area contributed by atoms with Gasteiger partial charge in [-0.1, -0.05) is 6.07 Å². The number of nitrogens with one attached hydrogen (secondary N) is 2. The zero-order valence-corrected chi connectivity index (χ0v) is 16.3. The molecule has 0 aromatic heterocycles. The molecular formula is C21H20FN3O5. The van der Waals surface area contributed by atoms with Crippen molar-refractivity contribution < 1.29 is 28.2 Å². The predicted molar refractivity (Wildman–Crippen MR) is 106 cm³/mol. The lowest BCUT2D eigenvalue weighted by molar-refractivity contribution is -0.131. The zero-order valence-electron chi connectivity index (χ0n) is 16.3. The van der Waals surface area contributed by atoms with Crippen LogP contribution in [0, 0.1) is 17.1 Å². The molecular weight excluding hydrogens is 393 g/mol. The van der Waals surface area contributed by atoms with Gasteiger partial charge in [0.1, 0.15) is 17.6 Å². The molecule has 0 radical (unpaired) electrons. The van der Waals surface area contributed by atoms with Crippen LogP contribution in [0.5, 0.6) is 17.2 Å². The highest BCUT2D eigenvalue weighted by molar-refractivity contribution is 5.93. The third-order valence-corrected chi connectivity index (χ3v) is 3.71. The molecule has 8 nitrogen and oxygen atoms in total. The quantitative estimate of drug-likeness (QED) is 0.508. The van der Waals surface area contributed by atoms with Crippen LogP contribution in [0.3, 0.4) is 0 Å². The van der Waals surface area contributed by atoms with E-state index in [9.17, 15) is 14.0 Å². The fraction of sp³-hybridized carbons (Fsp3) is 0.190. The summed E-state index contributed by atoms with van der Waals surface area (Å²) >= 11 is 0. The summed E-state index contributed by atoms with van der Waals surface area (Å²) in [5.74, 6) is -0.430. The molecule has 0 saturated heterocycles. The summed E-state index contributed by atoms with van der Waals surface area (Å²) in [4.78, 5) is 23.9. The number of benzene rings is 2. The molecule has 0 spiro atoms. The van der Waals surface area contributed by atoms with Crippen molar-refractivity contribution in [3.63, 3.8) is 0 Å². The van der Waals surface area contributed by atoms with E-state index < -0.39 is 23.7 Å². The Hall–Kier alpha value is -4.06. The number of hydrogen-bond acceptors (Lipinski definition) is 6. The van der Waals surface area contributed by atoms with E-state index in [2.05, 4.69) is 10.9 Å². The minimum atomic E-state index is -0.912. The van der Waals surface area contributed by atoms with Crippen molar-refractivity contribution in [1.29, 1.82) is 5.26 Å². The van der Waals surface area contributed by atoms with Crippen LogP contribution in [0.15, 0.2) is 48.5 Å². The number of carbonyl (C=O) groups is 2. The highest BCUT2D eigenvalue weighted by Gasteiger charge is 2.15. The van der Waals surface area contributed by atoms with Crippen molar-refractivity contribution in [2.24, 2.45) is 0 Å². The van der Waals surface area contributed by atoms with Gasteiger partial charge >= 0.3 is 0 Å². The number of hydrogen-bond donors (Lipinski definition) is 2. The minimum Gasteiger partial charge on any atom is -0.493 e. The van der Waals surface area contributed by atoms with Crippen LogP contribution in [0.4, 0.5) is 4.39 Å². The Bertz CT molecular complexity index is 954. The standard InChI is InChI=1S/C21H20FN3O5/c1-14(30-17-7-5-16(22)6-8-17)21(27)25-24-20(26)10-4-15-3-9-18(29-12-11-23)19(13-15)28-2/h3-10,13-14H,12H2,1-2H3,(H,24,26)(H,25,27)/b10-4+. The monoisotopic (exact) mass is 413 g/mol. The van der Waals surface area contributed by atoms with Gasteiger partial charge in [0, 0.05) is 6.08 Å². The Morgan fingerprint density at radius 3 is 2.57 bits per heavy atom. The van der Waals surface area contributed by atoms with Crippen molar-refractivity contribution in [2.75, 3.05) is 13.7 Å². The molecule has 0 bridgehead atoms. The van der Waals surface area contributed by atoms with Gasteiger partial charge in [0.2, 0.25) is 0 Å². The second-order valence-electron chi connectivity index (χ2n) is 5.88. The number of nitriles is 1.